The second kappa shape index (κ2) is 7.17. The first-order valence-corrected chi connectivity index (χ1v) is 11.0. The molecular weight excluding hydrogens is 384 g/mol. The molecule has 0 N–H and O–H groups in total. The number of ether oxygens (including phenoxy) is 1. The van der Waals surface area contributed by atoms with E-state index in [4.69, 9.17) is 16.3 Å². The number of hydrogen-bond donors (Lipinski definition) is 0. The van der Waals surface area contributed by atoms with E-state index in [1.807, 2.05) is 11.8 Å². The van der Waals surface area contributed by atoms with Gasteiger partial charge >= 0.3 is 0 Å². The van der Waals surface area contributed by atoms with Crippen LogP contribution in [0.5, 0.6) is 5.75 Å². The summed E-state index contributed by atoms with van der Waals surface area (Å²) in [6.45, 7) is 1.92. The fourth-order valence-corrected chi connectivity index (χ4v) is 7.16. The summed E-state index contributed by atoms with van der Waals surface area (Å²) in [5.74, 6) is 0.451. The molecule has 2 saturated heterocycles. The molecule has 2 aliphatic heterocycles. The van der Waals surface area contributed by atoms with Gasteiger partial charge in [0, 0.05) is 22.8 Å². The third-order valence-electron chi connectivity index (χ3n) is 4.15. The number of nitrogens with zero attached hydrogens (tertiary/aromatic N) is 2. The predicted octanol–water partition coefficient (Wildman–Crippen LogP) is 2.75. The Morgan fingerprint density at radius 3 is 2.88 bits per heavy atom. The van der Waals surface area contributed by atoms with Gasteiger partial charge in [0.2, 0.25) is 5.91 Å². The van der Waals surface area contributed by atoms with Crippen LogP contribution in [-0.2, 0) is 14.6 Å². The highest BCUT2D eigenvalue weighted by Gasteiger charge is 2.50. The molecule has 2 atom stereocenters. The molecule has 0 bridgehead atoms. The number of fused-ring (bicyclic) bond motifs is 1. The van der Waals surface area contributed by atoms with Crippen molar-refractivity contribution >= 4 is 50.0 Å². The number of aliphatic imine (C=N–C) groups is 1. The number of carbonyl (C=O) groups excluding carboxylic acids is 1. The Morgan fingerprint density at radius 1 is 1.44 bits per heavy atom. The topological polar surface area (TPSA) is 76.0 Å². The fourth-order valence-electron chi connectivity index (χ4n) is 3.07. The first-order valence-electron chi connectivity index (χ1n) is 7.96. The van der Waals surface area contributed by atoms with Gasteiger partial charge in [0.15, 0.2) is 15.0 Å². The number of methoxy groups -OCH3 is 1. The molecule has 25 heavy (non-hydrogen) atoms. The highest BCUT2D eigenvalue weighted by atomic mass is 35.5. The Hall–Kier alpha value is -1.25. The molecule has 0 radical (unpaired) electrons. The lowest BCUT2D eigenvalue weighted by Crippen LogP contribution is -2.38. The van der Waals surface area contributed by atoms with Gasteiger partial charge in [-0.2, -0.15) is 4.99 Å². The van der Waals surface area contributed by atoms with Gasteiger partial charge in [-0.15, -0.1) is 0 Å². The number of anilines is 1. The summed E-state index contributed by atoms with van der Waals surface area (Å²) in [7, 11) is -1.58. The van der Waals surface area contributed by atoms with Gasteiger partial charge in [-0.3, -0.25) is 4.79 Å². The lowest BCUT2D eigenvalue weighted by molar-refractivity contribution is -0.117. The average molecular weight is 403 g/mol. The maximum absolute atomic E-state index is 12.1. The molecule has 6 nitrogen and oxygen atoms in total. The minimum atomic E-state index is -3.11. The standard InChI is InChI=1S/C16H19ClN2O4S2/c1-3-4-15(20)18-16-19(11-6-5-10(17)7-13(11)23-2)12-8-25(21,22)9-14(12)24-16/h5-7,12,14H,3-4,8-9H2,1-2H3/t12-,14+/m1/s1. The van der Waals surface area contributed by atoms with Crippen LogP contribution >= 0.6 is 23.4 Å². The minimum absolute atomic E-state index is 0.0391. The first-order chi connectivity index (χ1) is 11.8. The summed E-state index contributed by atoms with van der Waals surface area (Å²) >= 11 is 7.39. The number of benzene rings is 1. The summed E-state index contributed by atoms with van der Waals surface area (Å²) in [5, 5.41) is 0.908. The van der Waals surface area contributed by atoms with Crippen LogP contribution < -0.4 is 9.64 Å². The van der Waals surface area contributed by atoms with Crippen molar-refractivity contribution in [3.63, 3.8) is 0 Å². The summed E-state index contributed by atoms with van der Waals surface area (Å²) < 4.78 is 29.5. The Morgan fingerprint density at radius 2 is 2.20 bits per heavy atom. The molecule has 136 valence electrons. The van der Waals surface area contributed by atoms with Gasteiger partial charge in [-0.25, -0.2) is 8.42 Å². The van der Waals surface area contributed by atoms with Crippen LogP contribution in [0.25, 0.3) is 0 Å². The number of halogens is 1. The van der Waals surface area contributed by atoms with E-state index in [9.17, 15) is 13.2 Å². The molecule has 3 rings (SSSR count). The van der Waals surface area contributed by atoms with E-state index < -0.39 is 9.84 Å². The van der Waals surface area contributed by atoms with Crippen LogP contribution in [0.2, 0.25) is 5.02 Å². The molecule has 0 saturated carbocycles. The molecule has 1 aromatic carbocycles. The quantitative estimate of drug-likeness (QED) is 0.770. The van der Waals surface area contributed by atoms with Crippen LogP contribution in [0.3, 0.4) is 0 Å². The second-order valence-corrected chi connectivity index (χ2v) is 9.82. The third-order valence-corrected chi connectivity index (χ3v) is 7.60. The van der Waals surface area contributed by atoms with Crippen molar-refractivity contribution in [2.45, 2.75) is 31.1 Å². The van der Waals surface area contributed by atoms with Crippen LogP contribution in [0.1, 0.15) is 19.8 Å². The van der Waals surface area contributed by atoms with Crippen molar-refractivity contribution in [3.8, 4) is 5.75 Å². The normalized spacial score (nSPS) is 26.0. The van der Waals surface area contributed by atoms with Crippen LogP contribution in [0.15, 0.2) is 23.2 Å². The molecule has 1 amide bonds. The van der Waals surface area contributed by atoms with Crippen molar-refractivity contribution in [1.82, 2.24) is 0 Å². The Bertz CT molecular complexity index is 825. The predicted molar refractivity (Wildman–Crippen MR) is 102 cm³/mol. The van der Waals surface area contributed by atoms with E-state index in [0.29, 0.717) is 34.5 Å². The maximum atomic E-state index is 12.1. The van der Waals surface area contributed by atoms with Gasteiger partial charge in [0.25, 0.3) is 0 Å². The van der Waals surface area contributed by atoms with Crippen LogP contribution in [0.4, 0.5) is 5.69 Å². The van der Waals surface area contributed by atoms with Gasteiger partial charge in [-0.05, 0) is 18.6 Å². The number of thioether (sulfide) groups is 1. The number of amidine groups is 1. The van der Waals surface area contributed by atoms with Crippen molar-refractivity contribution in [3.05, 3.63) is 23.2 Å². The zero-order valence-corrected chi connectivity index (χ0v) is 16.3. The Labute approximate surface area is 156 Å². The first kappa shape index (κ1) is 18.5. The summed E-state index contributed by atoms with van der Waals surface area (Å²) in [5.41, 5.74) is 0.673. The smallest absolute Gasteiger partial charge is 0.248 e. The fraction of sp³-hybridized carbons (Fsp3) is 0.500. The molecule has 0 unspecified atom stereocenters. The molecule has 0 aromatic heterocycles. The second-order valence-electron chi connectivity index (χ2n) is 6.02. The lowest BCUT2D eigenvalue weighted by atomic mass is 10.2. The van der Waals surface area contributed by atoms with E-state index in [1.54, 1.807) is 18.2 Å². The van der Waals surface area contributed by atoms with Gasteiger partial charge < -0.3 is 9.64 Å². The third kappa shape index (κ3) is 3.80. The van der Waals surface area contributed by atoms with E-state index >= 15 is 0 Å². The SMILES string of the molecule is CCCC(=O)N=C1S[C@H]2CS(=O)(=O)C[C@H]2N1c1ccc(Cl)cc1OC. The Kier molecular flexibility index (Phi) is 5.31. The molecule has 0 spiro atoms. The number of rotatable bonds is 4. The van der Waals surface area contributed by atoms with Crippen LogP contribution in [-0.4, -0.2) is 49.4 Å². The van der Waals surface area contributed by atoms with E-state index in [0.717, 1.165) is 0 Å². The van der Waals surface area contributed by atoms with Crippen molar-refractivity contribution < 1.29 is 17.9 Å². The molecule has 1 aromatic rings. The number of sulfone groups is 1. The summed E-state index contributed by atoms with van der Waals surface area (Å²) in [6.07, 6.45) is 1.08. The largest absolute Gasteiger partial charge is 0.495 e. The molecule has 0 aliphatic carbocycles. The molecule has 9 heteroatoms. The lowest BCUT2D eigenvalue weighted by Gasteiger charge is -2.26. The molecule has 2 fully saturated rings. The number of amides is 1. The minimum Gasteiger partial charge on any atom is -0.495 e. The molecule has 2 aliphatic rings. The van der Waals surface area contributed by atoms with Gasteiger partial charge in [0.05, 0.1) is 30.3 Å². The molecule has 2 heterocycles. The average Bonchev–Trinajstić information content (AvgIpc) is 2.98. The summed E-state index contributed by atoms with van der Waals surface area (Å²) in [4.78, 5) is 18.1. The number of carbonyl (C=O) groups is 1. The van der Waals surface area contributed by atoms with Gasteiger partial charge in [-0.1, -0.05) is 30.3 Å². The van der Waals surface area contributed by atoms with E-state index in [1.165, 1.54) is 18.9 Å². The summed E-state index contributed by atoms with van der Waals surface area (Å²) in [6, 6.07) is 4.89. The van der Waals surface area contributed by atoms with E-state index in [-0.39, 0.29) is 28.7 Å². The number of hydrogen-bond acceptors (Lipinski definition) is 5. The monoisotopic (exact) mass is 402 g/mol. The van der Waals surface area contributed by atoms with Crippen molar-refractivity contribution in [2.75, 3.05) is 23.5 Å². The van der Waals surface area contributed by atoms with Crippen LogP contribution in [0, 0.1) is 0 Å². The van der Waals surface area contributed by atoms with Crippen molar-refractivity contribution in [2.24, 2.45) is 4.99 Å². The highest BCUT2D eigenvalue weighted by molar-refractivity contribution is 8.16. The highest BCUT2D eigenvalue weighted by Crippen LogP contribution is 2.44. The van der Waals surface area contributed by atoms with Gasteiger partial charge in [0.1, 0.15) is 5.75 Å². The zero-order chi connectivity index (χ0) is 18.2. The zero-order valence-electron chi connectivity index (χ0n) is 13.9. The van der Waals surface area contributed by atoms with Crippen molar-refractivity contribution in [1.29, 1.82) is 0 Å². The Balaban J connectivity index is 2.05. The maximum Gasteiger partial charge on any atom is 0.248 e. The molecular formula is C16H19ClN2O4S2. The van der Waals surface area contributed by atoms with E-state index in [2.05, 4.69) is 4.99 Å².